The number of alkyl halides is 2. The summed E-state index contributed by atoms with van der Waals surface area (Å²) in [5.41, 5.74) is 4.20. The second-order valence-corrected chi connectivity index (χ2v) is 11.7. The van der Waals surface area contributed by atoms with Gasteiger partial charge >= 0.3 is 6.03 Å². The first-order valence-electron chi connectivity index (χ1n) is 12.5. The molecule has 0 spiro atoms. The van der Waals surface area contributed by atoms with E-state index in [4.69, 9.17) is 11.6 Å². The van der Waals surface area contributed by atoms with Crippen molar-refractivity contribution in [3.05, 3.63) is 45.6 Å². The van der Waals surface area contributed by atoms with Gasteiger partial charge in [0.25, 0.3) is 5.92 Å². The van der Waals surface area contributed by atoms with Crippen LogP contribution in [0.3, 0.4) is 0 Å². The molecule has 0 saturated carbocycles. The summed E-state index contributed by atoms with van der Waals surface area (Å²) in [6, 6.07) is 5.33. The van der Waals surface area contributed by atoms with Crippen molar-refractivity contribution in [2.45, 2.75) is 51.7 Å². The number of amides is 3. The van der Waals surface area contributed by atoms with Crippen LogP contribution in [0.4, 0.5) is 13.6 Å². The average Bonchev–Trinajstić information content (AvgIpc) is 3.39. The van der Waals surface area contributed by atoms with Crippen LogP contribution >= 0.6 is 22.9 Å². The van der Waals surface area contributed by atoms with Crippen molar-refractivity contribution in [3.63, 3.8) is 0 Å². The Kier molecular flexibility index (Phi) is 7.38. The van der Waals surface area contributed by atoms with Crippen LogP contribution in [-0.2, 0) is 17.8 Å². The lowest BCUT2D eigenvalue weighted by Crippen LogP contribution is -2.54. The second kappa shape index (κ2) is 10.4. The third-order valence-electron chi connectivity index (χ3n) is 7.17. The van der Waals surface area contributed by atoms with Crippen LogP contribution in [0.15, 0.2) is 24.5 Å². The molecule has 2 N–H and O–H groups in total. The molecule has 0 unspecified atom stereocenters. The summed E-state index contributed by atoms with van der Waals surface area (Å²) in [7, 11) is 0. The number of benzene rings is 1. The Bertz CT molecular complexity index is 1370. The van der Waals surface area contributed by atoms with Gasteiger partial charge in [-0.3, -0.25) is 14.6 Å². The van der Waals surface area contributed by atoms with Crippen molar-refractivity contribution in [2.75, 3.05) is 26.2 Å². The number of carbonyl (C=O) groups is 2. The van der Waals surface area contributed by atoms with Crippen LogP contribution in [0.1, 0.15) is 29.9 Å². The molecule has 3 amide bonds. The maximum absolute atomic E-state index is 14.9. The number of imide groups is 1. The molecule has 2 aromatic heterocycles. The van der Waals surface area contributed by atoms with E-state index in [9.17, 15) is 18.4 Å². The molecule has 5 rings (SSSR count). The number of hydrogen-bond donors (Lipinski definition) is 2. The van der Waals surface area contributed by atoms with Crippen molar-refractivity contribution < 1.29 is 18.4 Å². The molecule has 2 saturated heterocycles. The van der Waals surface area contributed by atoms with E-state index in [1.807, 2.05) is 19.1 Å². The Morgan fingerprint density at radius 1 is 1.16 bits per heavy atom. The molecule has 2 fully saturated rings. The van der Waals surface area contributed by atoms with Gasteiger partial charge in [0.05, 0.1) is 29.0 Å². The maximum atomic E-state index is 14.9. The van der Waals surface area contributed by atoms with Crippen LogP contribution in [-0.4, -0.2) is 75.9 Å². The number of rotatable bonds is 7. The zero-order valence-corrected chi connectivity index (χ0v) is 22.9. The molecule has 4 heterocycles. The Morgan fingerprint density at radius 2 is 1.89 bits per heavy atom. The van der Waals surface area contributed by atoms with Crippen molar-refractivity contribution in [1.82, 2.24) is 30.4 Å². The largest absolute Gasteiger partial charge is 0.329 e. The Morgan fingerprint density at radius 3 is 2.58 bits per heavy atom. The van der Waals surface area contributed by atoms with Crippen molar-refractivity contribution >= 4 is 45.1 Å². The molecule has 2 aliphatic heterocycles. The fraction of sp³-hybridized carbons (Fsp3) is 0.462. The third kappa shape index (κ3) is 5.38. The molecule has 2 atom stereocenters. The van der Waals surface area contributed by atoms with Gasteiger partial charge in [-0.25, -0.2) is 23.5 Å². The van der Waals surface area contributed by atoms with Crippen LogP contribution < -0.4 is 10.6 Å². The summed E-state index contributed by atoms with van der Waals surface area (Å²) in [6.45, 7) is 7.69. The van der Waals surface area contributed by atoms with E-state index < -0.39 is 30.8 Å². The number of urea groups is 1. The molecule has 0 radical (unpaired) electrons. The van der Waals surface area contributed by atoms with E-state index in [1.165, 1.54) is 17.7 Å². The predicted octanol–water partition coefficient (Wildman–Crippen LogP) is 4.23. The van der Waals surface area contributed by atoms with Crippen LogP contribution in [0.25, 0.3) is 21.5 Å². The molecule has 0 aliphatic carbocycles. The van der Waals surface area contributed by atoms with Gasteiger partial charge < -0.3 is 10.6 Å². The molecular weight excluding hydrogens is 534 g/mol. The third-order valence-corrected chi connectivity index (χ3v) is 8.52. The molecule has 3 aromatic rings. The number of nitrogens with one attached hydrogen (secondary N) is 2. The highest BCUT2D eigenvalue weighted by atomic mass is 35.5. The number of aryl methyl sites for hydroxylation is 1. The molecule has 202 valence electrons. The summed E-state index contributed by atoms with van der Waals surface area (Å²) >= 11 is 7.69. The minimum atomic E-state index is -3.29. The number of halogens is 3. The fourth-order valence-electron chi connectivity index (χ4n) is 5.20. The van der Waals surface area contributed by atoms with Crippen molar-refractivity contribution in [2.24, 2.45) is 0 Å². The first kappa shape index (κ1) is 26.9. The quantitative estimate of drug-likeness (QED) is 0.419. The Labute approximate surface area is 228 Å². The summed E-state index contributed by atoms with van der Waals surface area (Å²) in [4.78, 5) is 35.9. The van der Waals surface area contributed by atoms with E-state index in [-0.39, 0.29) is 6.54 Å². The highest BCUT2D eigenvalue weighted by molar-refractivity contribution is 7.19. The minimum Gasteiger partial charge on any atom is -0.329 e. The number of carbonyl (C=O) groups excluding carboxylic acids is 2. The predicted molar refractivity (Wildman–Crippen MR) is 144 cm³/mol. The lowest BCUT2D eigenvalue weighted by molar-refractivity contribution is -0.129. The number of hydrogen-bond acceptors (Lipinski definition) is 7. The summed E-state index contributed by atoms with van der Waals surface area (Å²) < 4.78 is 30.6. The topological polar surface area (TPSA) is 90.5 Å². The summed E-state index contributed by atoms with van der Waals surface area (Å²) in [6.07, 6.45) is 0.817. The minimum absolute atomic E-state index is 0.260. The van der Waals surface area contributed by atoms with Crippen molar-refractivity contribution in [1.29, 1.82) is 0 Å². The zero-order chi connectivity index (χ0) is 27.2. The van der Waals surface area contributed by atoms with Gasteiger partial charge in [0.2, 0.25) is 5.91 Å². The molecule has 0 bridgehead atoms. The molecule has 1 aromatic carbocycles. The van der Waals surface area contributed by atoms with Crippen LogP contribution in [0.5, 0.6) is 0 Å². The number of fused-ring (bicyclic) bond motifs is 1. The zero-order valence-electron chi connectivity index (χ0n) is 21.4. The van der Waals surface area contributed by atoms with E-state index in [0.29, 0.717) is 49.3 Å². The smallest absolute Gasteiger partial charge is 0.324 e. The number of aromatic nitrogens is 2. The van der Waals surface area contributed by atoms with Crippen LogP contribution in [0, 0.1) is 6.92 Å². The van der Waals surface area contributed by atoms with Gasteiger partial charge in [0.1, 0.15) is 6.33 Å². The monoisotopic (exact) mass is 562 g/mol. The molecule has 38 heavy (non-hydrogen) atoms. The lowest BCUT2D eigenvalue weighted by atomic mass is 9.96. The second-order valence-electron chi connectivity index (χ2n) is 10.1. The van der Waals surface area contributed by atoms with E-state index in [1.54, 1.807) is 6.07 Å². The first-order valence-corrected chi connectivity index (χ1v) is 13.7. The van der Waals surface area contributed by atoms with Gasteiger partial charge in [-0.05, 0) is 50.1 Å². The Hall–Kier alpha value is -2.73. The lowest BCUT2D eigenvalue weighted by Gasteiger charge is -2.40. The van der Waals surface area contributed by atoms with Crippen LogP contribution in [0.2, 0.25) is 5.02 Å². The number of piperazine rings is 1. The first-order chi connectivity index (χ1) is 18.0. The fourth-order valence-corrected chi connectivity index (χ4v) is 6.66. The standard InChI is InChI=1S/C26H29ClF2N6O2S/c1-14-4-17(27)5-19(20(14)11-34-15(2)8-30-9-16(34)3)23-24-21(32-13-33-23)6-18(38-24)7-26(28,29)12-35-22(36)10-31-25(35)37/h4-6,13,15-16,30H,7-12H2,1-3H3,(H,31,37)/t15-,16-/m0/s1. The summed E-state index contributed by atoms with van der Waals surface area (Å²) in [5, 5.41) is 6.30. The number of thiophene rings is 1. The Balaban J connectivity index is 1.49. The van der Waals surface area contributed by atoms with Gasteiger partial charge in [-0.15, -0.1) is 11.3 Å². The van der Waals surface area contributed by atoms with E-state index in [2.05, 4.69) is 39.3 Å². The molecule has 12 heteroatoms. The van der Waals surface area contributed by atoms with Gasteiger partial charge in [-0.1, -0.05) is 11.6 Å². The van der Waals surface area contributed by atoms with Gasteiger partial charge in [-0.2, -0.15) is 0 Å². The average molecular weight is 563 g/mol. The molecule has 8 nitrogen and oxygen atoms in total. The van der Waals surface area contributed by atoms with Gasteiger partial charge in [0, 0.05) is 53.6 Å². The molecular formula is C26H29ClF2N6O2S. The van der Waals surface area contributed by atoms with Gasteiger partial charge in [0.15, 0.2) is 0 Å². The number of nitrogens with zero attached hydrogens (tertiary/aromatic N) is 4. The summed E-state index contributed by atoms with van der Waals surface area (Å²) in [5.74, 6) is -3.95. The van der Waals surface area contributed by atoms with E-state index in [0.717, 1.165) is 29.8 Å². The SMILES string of the molecule is Cc1cc(Cl)cc(-c2ncnc3cc(CC(F)(F)CN4C(=O)CNC4=O)sc23)c1CN1[C@@H](C)CNC[C@@H]1C. The normalized spacial score (nSPS) is 20.9. The van der Waals surface area contributed by atoms with E-state index >= 15 is 0 Å². The highest BCUT2D eigenvalue weighted by Gasteiger charge is 2.40. The highest BCUT2D eigenvalue weighted by Crippen LogP contribution is 2.38. The maximum Gasteiger partial charge on any atom is 0.324 e. The molecule has 2 aliphatic rings. The van der Waals surface area contributed by atoms with Crippen molar-refractivity contribution in [3.8, 4) is 11.3 Å².